The number of para-hydroxylation sites is 2. The Morgan fingerprint density at radius 3 is 2.15 bits per heavy atom. The van der Waals surface area contributed by atoms with E-state index in [1.54, 1.807) is 0 Å². The van der Waals surface area contributed by atoms with E-state index >= 15 is 0 Å². The number of aryl methyl sites for hydroxylation is 2. The first-order chi connectivity index (χ1) is 19.0. The monoisotopic (exact) mass is 528 g/mol. The molecule has 0 aliphatic heterocycles. The molecule has 4 aromatic carbocycles. The number of aromatic nitrogens is 2. The SMILES string of the molecule is CC(C)c1cccc(C(C)C)c1Cn1c(-c2csc3ccc(CCc4ccccc4)cc23)nc2ccccc21. The normalized spacial score (nSPS) is 11.8. The molecule has 0 bridgehead atoms. The fraction of sp³-hybridized carbons (Fsp3) is 0.250. The van der Waals surface area contributed by atoms with Gasteiger partial charge in [-0.05, 0) is 76.8 Å². The molecule has 0 saturated carbocycles. The van der Waals surface area contributed by atoms with Crippen molar-refractivity contribution in [1.82, 2.24) is 9.55 Å². The highest BCUT2D eigenvalue weighted by Gasteiger charge is 2.20. The zero-order valence-electron chi connectivity index (χ0n) is 23.3. The maximum atomic E-state index is 5.24. The maximum Gasteiger partial charge on any atom is 0.142 e. The van der Waals surface area contributed by atoms with E-state index in [1.165, 1.54) is 49.0 Å². The molecule has 39 heavy (non-hydrogen) atoms. The van der Waals surface area contributed by atoms with Crippen LogP contribution in [0, 0.1) is 0 Å². The summed E-state index contributed by atoms with van der Waals surface area (Å²) in [5.74, 6) is 1.99. The van der Waals surface area contributed by atoms with Gasteiger partial charge in [-0.2, -0.15) is 0 Å². The predicted octanol–water partition coefficient (Wildman–Crippen LogP) is 10.00. The Hall–Kier alpha value is -3.69. The smallest absolute Gasteiger partial charge is 0.142 e. The molecule has 196 valence electrons. The Morgan fingerprint density at radius 1 is 0.718 bits per heavy atom. The highest BCUT2D eigenvalue weighted by atomic mass is 32.1. The minimum Gasteiger partial charge on any atom is -0.319 e. The highest BCUT2D eigenvalue weighted by Crippen LogP contribution is 2.37. The summed E-state index contributed by atoms with van der Waals surface area (Å²) in [6, 6.07) is 33.2. The van der Waals surface area contributed by atoms with E-state index in [1.807, 2.05) is 11.3 Å². The minimum absolute atomic E-state index is 0.464. The van der Waals surface area contributed by atoms with Gasteiger partial charge in [-0.3, -0.25) is 0 Å². The summed E-state index contributed by atoms with van der Waals surface area (Å²) in [5, 5.41) is 3.62. The van der Waals surface area contributed by atoms with E-state index in [0.29, 0.717) is 11.8 Å². The molecule has 3 heteroatoms. The van der Waals surface area contributed by atoms with Crippen molar-refractivity contribution in [3.05, 3.63) is 124 Å². The van der Waals surface area contributed by atoms with E-state index in [-0.39, 0.29) is 0 Å². The van der Waals surface area contributed by atoms with Gasteiger partial charge in [0.15, 0.2) is 0 Å². The molecular formula is C36H36N2S. The minimum atomic E-state index is 0.464. The molecule has 6 aromatic rings. The average molecular weight is 529 g/mol. The van der Waals surface area contributed by atoms with Gasteiger partial charge in [0.2, 0.25) is 0 Å². The van der Waals surface area contributed by atoms with E-state index in [0.717, 1.165) is 30.7 Å². The molecule has 0 aliphatic carbocycles. The standard InChI is InChI=1S/C36H36N2S/c1-24(2)28-13-10-14-29(25(3)4)31(28)22-38-34-16-9-8-15-33(34)37-36(38)32-23-39-35-20-19-27(21-30(32)35)18-17-26-11-6-5-7-12-26/h5-16,19-21,23-25H,17-18,22H2,1-4H3. The molecule has 0 N–H and O–H groups in total. The van der Waals surface area contributed by atoms with Crippen LogP contribution in [0.2, 0.25) is 0 Å². The van der Waals surface area contributed by atoms with Gasteiger partial charge < -0.3 is 4.57 Å². The lowest BCUT2D eigenvalue weighted by molar-refractivity contribution is 0.750. The zero-order valence-corrected chi connectivity index (χ0v) is 24.1. The molecule has 6 rings (SSSR count). The lowest BCUT2D eigenvalue weighted by atomic mass is 9.88. The van der Waals surface area contributed by atoms with Crippen LogP contribution in [-0.2, 0) is 19.4 Å². The Bertz CT molecular complexity index is 1710. The molecule has 0 saturated heterocycles. The van der Waals surface area contributed by atoms with Crippen molar-refractivity contribution in [2.45, 2.75) is 58.9 Å². The van der Waals surface area contributed by atoms with E-state index < -0.39 is 0 Å². The van der Waals surface area contributed by atoms with Crippen molar-refractivity contribution in [3.63, 3.8) is 0 Å². The van der Waals surface area contributed by atoms with Crippen molar-refractivity contribution in [3.8, 4) is 11.4 Å². The molecule has 2 nitrogen and oxygen atoms in total. The Labute approximate surface area is 236 Å². The van der Waals surface area contributed by atoms with Crippen LogP contribution in [0.3, 0.4) is 0 Å². The van der Waals surface area contributed by atoms with Crippen molar-refractivity contribution in [2.24, 2.45) is 0 Å². The number of fused-ring (bicyclic) bond motifs is 2. The van der Waals surface area contributed by atoms with Gasteiger partial charge in [-0.15, -0.1) is 11.3 Å². The maximum absolute atomic E-state index is 5.24. The number of benzene rings is 4. The van der Waals surface area contributed by atoms with E-state index in [4.69, 9.17) is 4.98 Å². The van der Waals surface area contributed by atoms with Crippen LogP contribution >= 0.6 is 11.3 Å². The molecule has 0 unspecified atom stereocenters. The van der Waals surface area contributed by atoms with Gasteiger partial charge in [0.05, 0.1) is 17.6 Å². The fourth-order valence-electron chi connectivity index (χ4n) is 5.83. The molecule has 0 radical (unpaired) electrons. The lowest BCUT2D eigenvalue weighted by Gasteiger charge is -2.21. The number of hydrogen-bond acceptors (Lipinski definition) is 2. The first kappa shape index (κ1) is 25.6. The van der Waals surface area contributed by atoms with E-state index in [9.17, 15) is 0 Å². The second-order valence-electron chi connectivity index (χ2n) is 11.2. The van der Waals surface area contributed by atoms with Gasteiger partial charge >= 0.3 is 0 Å². The van der Waals surface area contributed by atoms with Crippen molar-refractivity contribution in [1.29, 1.82) is 0 Å². The van der Waals surface area contributed by atoms with Crippen LogP contribution in [-0.4, -0.2) is 9.55 Å². The van der Waals surface area contributed by atoms with Crippen LogP contribution in [0.25, 0.3) is 32.5 Å². The number of imidazole rings is 1. The second kappa shape index (κ2) is 10.8. The van der Waals surface area contributed by atoms with Crippen LogP contribution in [0.1, 0.15) is 67.3 Å². The molecule has 0 atom stereocenters. The average Bonchev–Trinajstić information content (AvgIpc) is 3.53. The molecule has 0 fully saturated rings. The molecule has 2 aromatic heterocycles. The summed E-state index contributed by atoms with van der Waals surface area (Å²) in [5.41, 5.74) is 10.6. The predicted molar refractivity (Wildman–Crippen MR) is 168 cm³/mol. The topological polar surface area (TPSA) is 17.8 Å². The summed E-state index contributed by atoms with van der Waals surface area (Å²) < 4.78 is 3.78. The van der Waals surface area contributed by atoms with Crippen molar-refractivity contribution >= 4 is 32.5 Å². The van der Waals surface area contributed by atoms with Crippen molar-refractivity contribution < 1.29 is 0 Å². The molecule has 0 spiro atoms. The van der Waals surface area contributed by atoms with Gasteiger partial charge in [0, 0.05) is 21.0 Å². The highest BCUT2D eigenvalue weighted by molar-refractivity contribution is 7.17. The summed E-state index contributed by atoms with van der Waals surface area (Å²) in [6.07, 6.45) is 2.08. The van der Waals surface area contributed by atoms with Crippen LogP contribution in [0.4, 0.5) is 0 Å². The van der Waals surface area contributed by atoms with E-state index in [2.05, 4.69) is 129 Å². The first-order valence-corrected chi connectivity index (χ1v) is 15.0. The first-order valence-electron chi connectivity index (χ1n) is 14.1. The molecule has 0 aliphatic rings. The Kier molecular flexibility index (Phi) is 7.10. The molecule has 0 amide bonds. The van der Waals surface area contributed by atoms with Gasteiger partial charge in [-0.25, -0.2) is 4.98 Å². The molecule has 2 heterocycles. The van der Waals surface area contributed by atoms with Gasteiger partial charge in [-0.1, -0.05) is 94.4 Å². The summed E-state index contributed by atoms with van der Waals surface area (Å²) in [7, 11) is 0. The molecular weight excluding hydrogens is 492 g/mol. The van der Waals surface area contributed by atoms with Crippen LogP contribution in [0.15, 0.2) is 96.4 Å². The quantitative estimate of drug-likeness (QED) is 0.192. The van der Waals surface area contributed by atoms with Gasteiger partial charge in [0.1, 0.15) is 5.82 Å². The third kappa shape index (κ3) is 5.04. The van der Waals surface area contributed by atoms with Crippen molar-refractivity contribution in [2.75, 3.05) is 0 Å². The summed E-state index contributed by atoms with van der Waals surface area (Å²) >= 11 is 1.82. The lowest BCUT2D eigenvalue weighted by Crippen LogP contribution is -2.10. The van der Waals surface area contributed by atoms with Gasteiger partial charge in [0.25, 0.3) is 0 Å². The zero-order chi connectivity index (χ0) is 26.9. The van der Waals surface area contributed by atoms with Crippen LogP contribution in [0.5, 0.6) is 0 Å². The Balaban J connectivity index is 1.46. The number of nitrogens with zero attached hydrogens (tertiary/aromatic N) is 2. The number of rotatable bonds is 8. The third-order valence-electron chi connectivity index (χ3n) is 7.89. The fourth-order valence-corrected chi connectivity index (χ4v) is 6.74. The third-order valence-corrected chi connectivity index (χ3v) is 8.85. The summed E-state index contributed by atoms with van der Waals surface area (Å²) in [6.45, 7) is 10.0. The number of hydrogen-bond donors (Lipinski definition) is 0. The summed E-state index contributed by atoms with van der Waals surface area (Å²) in [4.78, 5) is 5.24. The van der Waals surface area contributed by atoms with Crippen LogP contribution < -0.4 is 0 Å². The second-order valence-corrected chi connectivity index (χ2v) is 12.1. The Morgan fingerprint density at radius 2 is 1.41 bits per heavy atom. The largest absolute Gasteiger partial charge is 0.319 e. The number of thiophene rings is 1.